The van der Waals surface area contributed by atoms with Crippen LogP contribution in [-0.2, 0) is 16.1 Å². The number of benzene rings is 4. The molecule has 152 valence electrons. The molecule has 0 aliphatic carbocycles. The van der Waals surface area contributed by atoms with E-state index in [1.807, 2.05) is 30.3 Å². The highest BCUT2D eigenvalue weighted by Crippen LogP contribution is 2.40. The zero-order valence-electron chi connectivity index (χ0n) is 17.4. The first-order chi connectivity index (χ1) is 14.8. The van der Waals surface area contributed by atoms with Gasteiger partial charge in [-0.3, -0.25) is 0 Å². The van der Waals surface area contributed by atoms with Crippen LogP contribution in [-0.4, -0.2) is 20.8 Å². The van der Waals surface area contributed by atoms with Gasteiger partial charge in [-0.25, -0.2) is 0 Å². The molecule has 0 aromatic heterocycles. The number of hydrogen-bond donors (Lipinski definition) is 0. The molecule has 0 heterocycles. The molecule has 0 radical (unpaired) electrons. The summed E-state index contributed by atoms with van der Waals surface area (Å²) in [5.74, 6) is 0.848. The summed E-state index contributed by atoms with van der Waals surface area (Å²) in [7, 11) is 3.45. The Labute approximate surface area is 177 Å². The van der Waals surface area contributed by atoms with Gasteiger partial charge in [0.1, 0.15) is 11.9 Å². The Bertz CT molecular complexity index is 1110. The van der Waals surface area contributed by atoms with Crippen molar-refractivity contribution >= 4 is 10.8 Å². The van der Waals surface area contributed by atoms with Gasteiger partial charge in [-0.2, -0.15) is 0 Å². The van der Waals surface area contributed by atoms with Crippen molar-refractivity contribution < 1.29 is 14.2 Å². The summed E-state index contributed by atoms with van der Waals surface area (Å²) in [4.78, 5) is 0. The van der Waals surface area contributed by atoms with Gasteiger partial charge in [-0.1, -0.05) is 84.9 Å². The average molecular weight is 399 g/mol. The molecule has 0 amide bonds. The third-order valence-electron chi connectivity index (χ3n) is 5.35. The molecule has 0 N–H and O–H groups in total. The molecule has 0 aliphatic rings. The minimum Gasteiger partial charge on any atom is -0.496 e. The molecule has 3 nitrogen and oxygen atoms in total. The zero-order chi connectivity index (χ0) is 20.8. The zero-order valence-corrected chi connectivity index (χ0v) is 17.4. The van der Waals surface area contributed by atoms with Crippen LogP contribution >= 0.6 is 0 Å². The van der Waals surface area contributed by atoms with Crippen molar-refractivity contribution in [1.82, 2.24) is 0 Å². The van der Waals surface area contributed by atoms with Crippen molar-refractivity contribution in [3.63, 3.8) is 0 Å². The predicted molar refractivity (Wildman–Crippen MR) is 122 cm³/mol. The third kappa shape index (κ3) is 4.23. The van der Waals surface area contributed by atoms with Gasteiger partial charge in [-0.05, 0) is 33.5 Å². The fourth-order valence-corrected chi connectivity index (χ4v) is 3.85. The summed E-state index contributed by atoms with van der Waals surface area (Å²) in [5, 5.41) is 2.33. The minimum absolute atomic E-state index is 0.186. The lowest BCUT2D eigenvalue weighted by Gasteiger charge is -2.21. The number of methoxy groups -OCH3 is 2. The Hall–Kier alpha value is -3.14. The van der Waals surface area contributed by atoms with Crippen molar-refractivity contribution in [1.29, 1.82) is 0 Å². The Morgan fingerprint density at radius 1 is 0.733 bits per heavy atom. The molecule has 4 aromatic carbocycles. The molecule has 1 atom stereocenters. The lowest BCUT2D eigenvalue weighted by Crippen LogP contribution is -2.11. The molecule has 0 spiro atoms. The van der Waals surface area contributed by atoms with E-state index in [4.69, 9.17) is 14.2 Å². The molecule has 0 bridgehead atoms. The van der Waals surface area contributed by atoms with Crippen LogP contribution in [0.15, 0.2) is 91.0 Å². The monoisotopic (exact) mass is 398 g/mol. The Morgan fingerprint density at radius 2 is 1.47 bits per heavy atom. The highest BCUT2D eigenvalue weighted by Gasteiger charge is 2.20. The molecule has 30 heavy (non-hydrogen) atoms. The van der Waals surface area contributed by atoms with Gasteiger partial charge in [-0.15, -0.1) is 0 Å². The van der Waals surface area contributed by atoms with E-state index in [0.29, 0.717) is 13.2 Å². The van der Waals surface area contributed by atoms with E-state index >= 15 is 0 Å². The van der Waals surface area contributed by atoms with Crippen LogP contribution in [0.1, 0.15) is 17.2 Å². The molecule has 0 unspecified atom stereocenters. The average Bonchev–Trinajstić information content (AvgIpc) is 2.82. The van der Waals surface area contributed by atoms with E-state index in [1.54, 1.807) is 14.2 Å². The first-order valence-corrected chi connectivity index (χ1v) is 10.1. The topological polar surface area (TPSA) is 27.7 Å². The molecule has 0 fully saturated rings. The van der Waals surface area contributed by atoms with E-state index in [9.17, 15) is 0 Å². The normalized spacial score (nSPS) is 12.1. The number of ether oxygens (including phenoxy) is 3. The number of fused-ring (bicyclic) bond motifs is 1. The van der Waals surface area contributed by atoms with Crippen LogP contribution in [0.25, 0.3) is 21.9 Å². The van der Waals surface area contributed by atoms with Gasteiger partial charge in [0.15, 0.2) is 0 Å². The summed E-state index contributed by atoms with van der Waals surface area (Å²) in [6.07, 6.45) is -0.186. The lowest BCUT2D eigenvalue weighted by molar-refractivity contribution is 0.00108. The maximum Gasteiger partial charge on any atom is 0.127 e. The van der Waals surface area contributed by atoms with Crippen molar-refractivity contribution in [2.45, 2.75) is 12.7 Å². The fourth-order valence-electron chi connectivity index (χ4n) is 3.85. The van der Waals surface area contributed by atoms with Crippen LogP contribution in [0.4, 0.5) is 0 Å². The Morgan fingerprint density at radius 3 is 2.27 bits per heavy atom. The van der Waals surface area contributed by atoms with Crippen molar-refractivity contribution in [2.24, 2.45) is 0 Å². The summed E-state index contributed by atoms with van der Waals surface area (Å²) in [6, 6.07) is 31.0. The van der Waals surface area contributed by atoms with E-state index in [2.05, 4.69) is 60.7 Å². The van der Waals surface area contributed by atoms with Gasteiger partial charge in [0.25, 0.3) is 0 Å². The van der Waals surface area contributed by atoms with Gasteiger partial charge >= 0.3 is 0 Å². The van der Waals surface area contributed by atoms with Gasteiger partial charge in [0.2, 0.25) is 0 Å². The molecule has 0 saturated carbocycles. The molecular formula is C27H26O3. The first kappa shape index (κ1) is 20.1. The summed E-state index contributed by atoms with van der Waals surface area (Å²) >= 11 is 0. The maximum absolute atomic E-state index is 6.01. The minimum atomic E-state index is -0.186. The first-order valence-electron chi connectivity index (χ1n) is 10.1. The molecule has 4 aromatic rings. The van der Waals surface area contributed by atoms with Crippen LogP contribution < -0.4 is 4.74 Å². The molecule has 3 heteroatoms. The summed E-state index contributed by atoms with van der Waals surface area (Å²) < 4.78 is 17.6. The summed E-state index contributed by atoms with van der Waals surface area (Å²) in [6.45, 7) is 1.02. The second-order valence-electron chi connectivity index (χ2n) is 7.18. The molecular weight excluding hydrogens is 372 g/mol. The van der Waals surface area contributed by atoms with E-state index in [-0.39, 0.29) is 6.10 Å². The van der Waals surface area contributed by atoms with Crippen molar-refractivity contribution in [3.8, 4) is 16.9 Å². The van der Waals surface area contributed by atoms with Crippen molar-refractivity contribution in [2.75, 3.05) is 20.8 Å². The fraction of sp³-hybridized carbons (Fsp3) is 0.185. The lowest BCUT2D eigenvalue weighted by atomic mass is 9.91. The second-order valence-corrected chi connectivity index (χ2v) is 7.18. The Kier molecular flexibility index (Phi) is 6.43. The standard InChI is InChI=1S/C27H26O3/c1-28-25-17-16-21-12-6-7-13-22(21)27(25)24-15-9-8-14-23(24)26(29-2)19-30-18-20-10-4-3-5-11-20/h3-17,26H,18-19H2,1-2H3/t26-/m0/s1. The van der Waals surface area contributed by atoms with E-state index in [0.717, 1.165) is 33.4 Å². The van der Waals surface area contributed by atoms with Crippen molar-refractivity contribution in [3.05, 3.63) is 102 Å². The largest absolute Gasteiger partial charge is 0.496 e. The SMILES string of the molecule is COc1ccc2ccccc2c1-c1ccccc1[C@H](COCc1ccccc1)OC. The quantitative estimate of drug-likeness (QED) is 0.343. The van der Waals surface area contributed by atoms with Gasteiger partial charge in [0, 0.05) is 12.7 Å². The Balaban J connectivity index is 1.69. The number of rotatable bonds is 8. The molecule has 0 aliphatic heterocycles. The smallest absolute Gasteiger partial charge is 0.127 e. The maximum atomic E-state index is 6.01. The van der Waals surface area contributed by atoms with Crippen LogP contribution in [0.3, 0.4) is 0 Å². The van der Waals surface area contributed by atoms with Crippen LogP contribution in [0.5, 0.6) is 5.75 Å². The third-order valence-corrected chi connectivity index (χ3v) is 5.35. The molecule has 4 rings (SSSR count). The van der Waals surface area contributed by atoms with E-state index in [1.165, 1.54) is 5.39 Å². The predicted octanol–water partition coefficient (Wildman–Crippen LogP) is 6.42. The van der Waals surface area contributed by atoms with Gasteiger partial charge < -0.3 is 14.2 Å². The van der Waals surface area contributed by atoms with Crippen LogP contribution in [0, 0.1) is 0 Å². The highest BCUT2D eigenvalue weighted by molar-refractivity contribution is 6.00. The summed E-state index contributed by atoms with van der Waals surface area (Å²) in [5.41, 5.74) is 4.41. The highest BCUT2D eigenvalue weighted by atomic mass is 16.5. The van der Waals surface area contributed by atoms with E-state index < -0.39 is 0 Å². The second kappa shape index (κ2) is 9.57. The molecule has 0 saturated heterocycles. The van der Waals surface area contributed by atoms with Crippen LogP contribution in [0.2, 0.25) is 0 Å². The van der Waals surface area contributed by atoms with Gasteiger partial charge in [0.05, 0.1) is 20.3 Å². The number of hydrogen-bond acceptors (Lipinski definition) is 3.